The molecule has 0 bridgehead atoms. The first kappa shape index (κ1) is 19.6. The first-order valence-electron chi connectivity index (χ1n) is 10.0. The first-order valence-corrected chi connectivity index (χ1v) is 10.5. The molecule has 0 aromatic heterocycles. The maximum atomic E-state index is 12.4. The Bertz CT molecular complexity index is 719. The van der Waals surface area contributed by atoms with Gasteiger partial charge in [0.1, 0.15) is 12.2 Å². The molecule has 5 nitrogen and oxygen atoms in total. The predicted molar refractivity (Wildman–Crippen MR) is 100 cm³/mol. The van der Waals surface area contributed by atoms with Crippen LogP contribution in [0.2, 0.25) is 0 Å². The van der Waals surface area contributed by atoms with Crippen molar-refractivity contribution in [2.75, 3.05) is 6.61 Å². The average Bonchev–Trinajstić information content (AvgIpc) is 2.87. The Morgan fingerprint density at radius 2 is 2.04 bits per heavy atom. The second-order valence-corrected chi connectivity index (χ2v) is 10.2. The molecule has 0 unspecified atom stereocenters. The summed E-state index contributed by atoms with van der Waals surface area (Å²) in [4.78, 5) is 24.4. The fourth-order valence-electron chi connectivity index (χ4n) is 7.29. The summed E-state index contributed by atoms with van der Waals surface area (Å²) in [6.07, 6.45) is 4.12. The van der Waals surface area contributed by atoms with Crippen molar-refractivity contribution in [2.45, 2.75) is 69.5 Å². The lowest BCUT2D eigenvalue weighted by Crippen LogP contribution is -2.63. The molecule has 0 saturated heterocycles. The topological polar surface area (TPSA) is 94.8 Å². The molecule has 4 aliphatic rings. The van der Waals surface area contributed by atoms with E-state index in [1.54, 1.807) is 6.08 Å². The third kappa shape index (κ3) is 2.41. The Kier molecular flexibility index (Phi) is 4.44. The number of aliphatic hydroxyl groups excluding tert-OH is 2. The van der Waals surface area contributed by atoms with Gasteiger partial charge in [0.15, 0.2) is 11.6 Å². The van der Waals surface area contributed by atoms with Gasteiger partial charge in [-0.1, -0.05) is 13.8 Å². The van der Waals surface area contributed by atoms with Crippen molar-refractivity contribution in [1.82, 2.24) is 0 Å². The second kappa shape index (κ2) is 6.12. The summed E-state index contributed by atoms with van der Waals surface area (Å²) in [7, 11) is 0. The van der Waals surface area contributed by atoms with E-state index in [0.29, 0.717) is 38.5 Å². The Morgan fingerprint density at radius 1 is 1.33 bits per heavy atom. The van der Waals surface area contributed by atoms with E-state index in [1.807, 2.05) is 6.92 Å². The fraction of sp³-hybridized carbons (Fsp3) is 0.810. The van der Waals surface area contributed by atoms with Crippen molar-refractivity contribution in [2.24, 2.45) is 28.6 Å². The number of carbonyl (C=O) groups excluding carboxylic acids is 2. The minimum absolute atomic E-state index is 0.0310. The number of rotatable bonds is 2. The van der Waals surface area contributed by atoms with Crippen molar-refractivity contribution >= 4 is 23.2 Å². The van der Waals surface area contributed by atoms with E-state index in [9.17, 15) is 24.9 Å². The number of halogens is 1. The van der Waals surface area contributed by atoms with Crippen molar-refractivity contribution in [3.05, 3.63) is 11.6 Å². The van der Waals surface area contributed by atoms with Gasteiger partial charge in [-0.2, -0.15) is 0 Å². The number of fused-ring (bicyclic) bond motifs is 5. The van der Waals surface area contributed by atoms with Crippen LogP contribution in [0.4, 0.5) is 0 Å². The van der Waals surface area contributed by atoms with Gasteiger partial charge in [0, 0.05) is 11.8 Å². The van der Waals surface area contributed by atoms with Gasteiger partial charge in [-0.15, -0.1) is 11.6 Å². The molecule has 8 atom stereocenters. The maximum absolute atomic E-state index is 12.4. The lowest BCUT2D eigenvalue weighted by atomic mass is 9.45. The van der Waals surface area contributed by atoms with Crippen LogP contribution < -0.4 is 0 Å². The highest BCUT2D eigenvalue weighted by atomic mass is 35.5. The van der Waals surface area contributed by atoms with Crippen molar-refractivity contribution < 1.29 is 24.9 Å². The molecule has 6 heteroatoms. The van der Waals surface area contributed by atoms with E-state index in [2.05, 4.69) is 6.92 Å². The minimum atomic E-state index is -1.60. The van der Waals surface area contributed by atoms with Crippen LogP contribution in [0.15, 0.2) is 11.6 Å². The largest absolute Gasteiger partial charge is 0.393 e. The Morgan fingerprint density at radius 3 is 2.70 bits per heavy atom. The van der Waals surface area contributed by atoms with Gasteiger partial charge in [-0.05, 0) is 66.9 Å². The zero-order chi connectivity index (χ0) is 19.8. The molecule has 0 spiro atoms. The molecule has 0 aromatic carbocycles. The molecule has 0 radical (unpaired) electrons. The number of allylic oxidation sites excluding steroid dienone is 1. The summed E-state index contributed by atoms with van der Waals surface area (Å²) in [6.45, 7) is 3.32. The van der Waals surface area contributed by atoms with Crippen LogP contribution in [0.5, 0.6) is 0 Å². The molecule has 3 fully saturated rings. The number of carbonyl (C=O) groups is 2. The SMILES string of the molecule is C[C@]12CCC(=O)C=C1[C@@H](Cl)C[C@@H]1[C@@H]2[C@@H](O)C[C@@]2(C)[C@H]1CC[C@]2(O)C(=O)CO. The molecule has 0 amide bonds. The quantitative estimate of drug-likeness (QED) is 0.620. The third-order valence-corrected chi connectivity index (χ3v) is 9.04. The van der Waals surface area contributed by atoms with E-state index in [4.69, 9.17) is 11.6 Å². The minimum Gasteiger partial charge on any atom is -0.393 e. The lowest BCUT2D eigenvalue weighted by Gasteiger charge is -2.61. The highest BCUT2D eigenvalue weighted by Gasteiger charge is 2.68. The van der Waals surface area contributed by atoms with Crippen LogP contribution in [0.3, 0.4) is 0 Å². The van der Waals surface area contributed by atoms with Gasteiger partial charge in [0.05, 0.1) is 11.5 Å². The lowest BCUT2D eigenvalue weighted by molar-refractivity contribution is -0.182. The van der Waals surface area contributed by atoms with Crippen LogP contribution in [0, 0.1) is 28.6 Å². The van der Waals surface area contributed by atoms with Gasteiger partial charge >= 0.3 is 0 Å². The first-order chi connectivity index (χ1) is 12.6. The van der Waals surface area contributed by atoms with Crippen molar-refractivity contribution in [3.63, 3.8) is 0 Å². The average molecular weight is 397 g/mol. The molecule has 4 rings (SSSR count). The molecule has 0 heterocycles. The Balaban J connectivity index is 1.77. The summed E-state index contributed by atoms with van der Waals surface area (Å²) in [5.74, 6) is -0.339. The smallest absolute Gasteiger partial charge is 0.190 e. The van der Waals surface area contributed by atoms with Crippen molar-refractivity contribution in [1.29, 1.82) is 0 Å². The van der Waals surface area contributed by atoms with Gasteiger partial charge in [0.2, 0.25) is 0 Å². The number of ketones is 2. The number of hydrogen-bond acceptors (Lipinski definition) is 5. The van der Waals surface area contributed by atoms with E-state index in [0.717, 1.165) is 5.57 Å². The molecule has 3 N–H and O–H groups in total. The number of Topliss-reactive ketones (excluding diaryl/α,β-unsaturated/α-hetero) is 1. The second-order valence-electron chi connectivity index (χ2n) is 9.65. The van der Waals surface area contributed by atoms with Crippen LogP contribution >= 0.6 is 11.6 Å². The highest BCUT2D eigenvalue weighted by molar-refractivity contribution is 6.23. The summed E-state index contributed by atoms with van der Waals surface area (Å²) < 4.78 is 0. The molecule has 0 aromatic rings. The zero-order valence-corrected chi connectivity index (χ0v) is 16.7. The van der Waals surface area contributed by atoms with Crippen LogP contribution in [0.1, 0.15) is 52.4 Å². The zero-order valence-electron chi connectivity index (χ0n) is 15.9. The summed E-state index contributed by atoms with van der Waals surface area (Å²) in [5.41, 5.74) is -1.75. The molecular weight excluding hydrogens is 368 g/mol. The number of alkyl halides is 1. The molecule has 4 aliphatic carbocycles. The molecule has 0 aliphatic heterocycles. The fourth-order valence-corrected chi connectivity index (χ4v) is 7.80. The summed E-state index contributed by atoms with van der Waals surface area (Å²) in [6, 6.07) is 0. The molecular formula is C21H29ClO5. The molecule has 27 heavy (non-hydrogen) atoms. The van der Waals surface area contributed by atoms with E-state index >= 15 is 0 Å². The van der Waals surface area contributed by atoms with Gasteiger partial charge in [-0.3, -0.25) is 9.59 Å². The molecule has 3 saturated carbocycles. The maximum Gasteiger partial charge on any atom is 0.190 e. The van der Waals surface area contributed by atoms with Gasteiger partial charge in [0.25, 0.3) is 0 Å². The third-order valence-electron chi connectivity index (χ3n) is 8.63. The number of hydrogen-bond donors (Lipinski definition) is 3. The Hall–Kier alpha value is -0.750. The van der Waals surface area contributed by atoms with Crippen LogP contribution in [-0.4, -0.2) is 50.6 Å². The number of aliphatic hydroxyl groups is 3. The standard InChI is InChI=1S/C21H29ClO5/c1-19-5-3-11(24)7-14(19)15(22)8-12-13-4-6-21(27,17(26)10-23)20(13,2)9-16(25)18(12)19/h7,12-13,15-16,18,23,25,27H,3-6,8-10H2,1-2H3/t12-,13-,15-,16-,18+,19-,20-,21-/m0/s1. The van der Waals surface area contributed by atoms with Crippen LogP contribution in [0.25, 0.3) is 0 Å². The highest BCUT2D eigenvalue weighted by Crippen LogP contribution is 2.68. The summed E-state index contributed by atoms with van der Waals surface area (Å²) >= 11 is 6.74. The van der Waals surface area contributed by atoms with Gasteiger partial charge < -0.3 is 15.3 Å². The van der Waals surface area contributed by atoms with E-state index < -0.39 is 29.5 Å². The van der Waals surface area contributed by atoms with E-state index in [1.165, 1.54) is 0 Å². The summed E-state index contributed by atoms with van der Waals surface area (Å²) in [5, 5.41) is 31.6. The predicted octanol–water partition coefficient (Wildman–Crippen LogP) is 2.00. The molecule has 150 valence electrons. The van der Waals surface area contributed by atoms with Gasteiger partial charge in [-0.25, -0.2) is 0 Å². The van der Waals surface area contributed by atoms with E-state index in [-0.39, 0.29) is 34.3 Å². The normalized spacial score (nSPS) is 51.9. The van der Waals surface area contributed by atoms with Crippen molar-refractivity contribution in [3.8, 4) is 0 Å². The van der Waals surface area contributed by atoms with Crippen LogP contribution in [-0.2, 0) is 9.59 Å². The monoisotopic (exact) mass is 396 g/mol. The Labute approximate surface area is 164 Å².